The Morgan fingerprint density at radius 1 is 0.615 bits per heavy atom. The summed E-state index contributed by atoms with van der Waals surface area (Å²) >= 11 is 0. The highest BCUT2D eigenvalue weighted by atomic mass is 14.5. The number of rotatable bonds is 0. The van der Waals surface area contributed by atoms with Gasteiger partial charge in [-0.05, 0) is 29.1 Å². The molecule has 1 fully saturated rings. The second-order valence-electron chi connectivity index (χ2n) is 6.60. The Labute approximate surface area is 84.1 Å². The summed E-state index contributed by atoms with van der Waals surface area (Å²) in [4.78, 5) is 0. The molecular formula is C13H26. The first-order valence-electron chi connectivity index (χ1n) is 5.71. The Morgan fingerprint density at radius 2 is 0.923 bits per heavy atom. The van der Waals surface area contributed by atoms with Gasteiger partial charge in [0.1, 0.15) is 0 Å². The molecule has 0 radical (unpaired) electrons. The zero-order valence-corrected chi connectivity index (χ0v) is 10.3. The van der Waals surface area contributed by atoms with E-state index in [4.69, 9.17) is 0 Å². The zero-order chi connectivity index (χ0) is 10.3. The van der Waals surface area contributed by atoms with Crippen molar-refractivity contribution in [3.05, 3.63) is 0 Å². The fraction of sp³-hybridized carbons (Fsp3) is 1.00. The van der Waals surface area contributed by atoms with Gasteiger partial charge >= 0.3 is 0 Å². The molecule has 13 heavy (non-hydrogen) atoms. The van der Waals surface area contributed by atoms with E-state index in [1.165, 1.54) is 25.7 Å². The molecule has 0 spiro atoms. The van der Waals surface area contributed by atoms with Crippen molar-refractivity contribution in [3.8, 4) is 0 Å². The molecular weight excluding hydrogens is 156 g/mol. The van der Waals surface area contributed by atoms with Gasteiger partial charge in [0.2, 0.25) is 0 Å². The fourth-order valence-electron chi connectivity index (χ4n) is 2.67. The maximum atomic E-state index is 2.46. The Bertz CT molecular complexity index is 164. The predicted molar refractivity (Wildman–Crippen MR) is 59.8 cm³/mol. The second-order valence-corrected chi connectivity index (χ2v) is 6.60. The van der Waals surface area contributed by atoms with Crippen molar-refractivity contribution in [1.82, 2.24) is 0 Å². The molecule has 0 aromatic rings. The summed E-state index contributed by atoms with van der Waals surface area (Å²) in [6.45, 7) is 14.7. The van der Waals surface area contributed by atoms with Crippen LogP contribution in [0.2, 0.25) is 0 Å². The molecule has 0 nitrogen and oxygen atoms in total. The van der Waals surface area contributed by atoms with Gasteiger partial charge in [-0.2, -0.15) is 0 Å². The summed E-state index contributed by atoms with van der Waals surface area (Å²) in [6, 6.07) is 0. The predicted octanol–water partition coefficient (Wildman–Crippen LogP) is 4.64. The highest BCUT2D eigenvalue weighted by Gasteiger charge is 2.48. The maximum Gasteiger partial charge on any atom is -0.0252 e. The van der Waals surface area contributed by atoms with E-state index in [0.29, 0.717) is 16.2 Å². The van der Waals surface area contributed by atoms with E-state index in [1.54, 1.807) is 0 Å². The molecule has 78 valence electrons. The van der Waals surface area contributed by atoms with Crippen molar-refractivity contribution in [2.24, 2.45) is 16.2 Å². The minimum Gasteiger partial charge on any atom is -0.0594 e. The van der Waals surface area contributed by atoms with Crippen LogP contribution in [-0.4, -0.2) is 0 Å². The van der Waals surface area contributed by atoms with E-state index in [0.717, 1.165) is 0 Å². The van der Waals surface area contributed by atoms with Gasteiger partial charge in [-0.1, -0.05) is 54.4 Å². The number of hydrogen-bond donors (Lipinski definition) is 0. The van der Waals surface area contributed by atoms with Crippen LogP contribution in [0.15, 0.2) is 0 Å². The molecule has 0 heterocycles. The molecule has 1 saturated carbocycles. The van der Waals surface area contributed by atoms with Gasteiger partial charge in [-0.15, -0.1) is 0 Å². The quantitative estimate of drug-likeness (QED) is 0.479. The van der Waals surface area contributed by atoms with Crippen molar-refractivity contribution in [2.75, 3.05) is 0 Å². The van der Waals surface area contributed by atoms with Gasteiger partial charge in [0.15, 0.2) is 0 Å². The van der Waals surface area contributed by atoms with Crippen LogP contribution in [0.3, 0.4) is 0 Å². The highest BCUT2D eigenvalue weighted by Crippen LogP contribution is 2.57. The van der Waals surface area contributed by atoms with Gasteiger partial charge in [0.25, 0.3) is 0 Å². The van der Waals surface area contributed by atoms with Crippen molar-refractivity contribution >= 4 is 0 Å². The molecule has 1 aliphatic rings. The van der Waals surface area contributed by atoms with Crippen LogP contribution in [0.4, 0.5) is 0 Å². The summed E-state index contributed by atoms with van der Waals surface area (Å²) in [5, 5.41) is 0. The van der Waals surface area contributed by atoms with Crippen LogP contribution in [-0.2, 0) is 0 Å². The van der Waals surface area contributed by atoms with Crippen molar-refractivity contribution < 1.29 is 0 Å². The third-order valence-electron chi connectivity index (χ3n) is 5.24. The molecule has 0 aromatic carbocycles. The van der Waals surface area contributed by atoms with E-state index in [2.05, 4.69) is 41.5 Å². The third-order valence-corrected chi connectivity index (χ3v) is 5.24. The average Bonchev–Trinajstić information content (AvgIpc) is 2.01. The first-order valence-corrected chi connectivity index (χ1v) is 5.71. The van der Waals surface area contributed by atoms with E-state index >= 15 is 0 Å². The molecule has 0 saturated heterocycles. The minimum absolute atomic E-state index is 0.455. The second kappa shape index (κ2) is 3.00. The molecule has 0 bridgehead atoms. The largest absolute Gasteiger partial charge is 0.0594 e. The molecule has 0 heteroatoms. The lowest BCUT2D eigenvalue weighted by Crippen LogP contribution is -2.43. The Kier molecular flexibility index (Phi) is 2.56. The van der Waals surface area contributed by atoms with Crippen LogP contribution >= 0.6 is 0 Å². The molecule has 1 aliphatic carbocycles. The van der Waals surface area contributed by atoms with Crippen LogP contribution < -0.4 is 0 Å². The van der Waals surface area contributed by atoms with Gasteiger partial charge < -0.3 is 0 Å². The molecule has 0 amide bonds. The van der Waals surface area contributed by atoms with Crippen molar-refractivity contribution in [1.29, 1.82) is 0 Å². The Hall–Kier alpha value is 0. The van der Waals surface area contributed by atoms with E-state index in [9.17, 15) is 0 Å². The van der Waals surface area contributed by atoms with E-state index < -0.39 is 0 Å². The molecule has 0 aromatic heterocycles. The van der Waals surface area contributed by atoms with E-state index in [-0.39, 0.29) is 0 Å². The van der Waals surface area contributed by atoms with Gasteiger partial charge in [-0.3, -0.25) is 0 Å². The topological polar surface area (TPSA) is 0 Å². The minimum atomic E-state index is 0.455. The van der Waals surface area contributed by atoms with Crippen LogP contribution in [0.1, 0.15) is 67.2 Å². The lowest BCUT2D eigenvalue weighted by Gasteiger charge is -2.51. The summed E-state index contributed by atoms with van der Waals surface area (Å²) in [5.74, 6) is 0. The van der Waals surface area contributed by atoms with Gasteiger partial charge in [-0.25, -0.2) is 0 Å². The maximum absolute atomic E-state index is 2.46. The molecule has 0 unspecified atom stereocenters. The normalized spacial score (nSPS) is 30.9. The van der Waals surface area contributed by atoms with Crippen LogP contribution in [0.25, 0.3) is 0 Å². The summed E-state index contributed by atoms with van der Waals surface area (Å²) < 4.78 is 0. The summed E-state index contributed by atoms with van der Waals surface area (Å²) in [5.41, 5.74) is 1.44. The monoisotopic (exact) mass is 182 g/mol. The van der Waals surface area contributed by atoms with Crippen molar-refractivity contribution in [3.63, 3.8) is 0 Å². The molecule has 0 aliphatic heterocycles. The summed E-state index contributed by atoms with van der Waals surface area (Å²) in [7, 11) is 0. The first-order chi connectivity index (χ1) is 5.71. The Balaban J connectivity index is 3.03. The standard InChI is InChI=1S/C13H26/c1-11(2)9-7-8-10-12(3,4)13(11,5)6/h7-10H2,1-6H3. The van der Waals surface area contributed by atoms with Crippen LogP contribution in [0.5, 0.6) is 0 Å². The van der Waals surface area contributed by atoms with E-state index in [1.807, 2.05) is 0 Å². The van der Waals surface area contributed by atoms with Gasteiger partial charge in [0.05, 0.1) is 0 Å². The van der Waals surface area contributed by atoms with Crippen molar-refractivity contribution in [2.45, 2.75) is 67.2 Å². The smallest absolute Gasteiger partial charge is 0.0252 e. The van der Waals surface area contributed by atoms with Gasteiger partial charge in [0, 0.05) is 0 Å². The summed E-state index contributed by atoms with van der Waals surface area (Å²) in [6.07, 6.45) is 5.62. The molecule has 1 rings (SSSR count). The molecule has 0 atom stereocenters. The lowest BCUT2D eigenvalue weighted by atomic mass is 9.54. The first kappa shape index (κ1) is 11.1. The SMILES string of the molecule is CC1(C)CCCCC(C)(C)C1(C)C. The molecule has 0 N–H and O–H groups in total. The zero-order valence-electron chi connectivity index (χ0n) is 10.3. The lowest BCUT2D eigenvalue weighted by molar-refractivity contribution is -0.0148. The van der Waals surface area contributed by atoms with Crippen LogP contribution in [0, 0.1) is 16.2 Å². The fourth-order valence-corrected chi connectivity index (χ4v) is 2.67. The average molecular weight is 182 g/mol. The third kappa shape index (κ3) is 1.65. The number of hydrogen-bond acceptors (Lipinski definition) is 0. The Morgan fingerprint density at radius 3 is 1.23 bits per heavy atom. The highest BCUT2D eigenvalue weighted by molar-refractivity contribution is 4.97.